The highest BCUT2D eigenvalue weighted by Crippen LogP contribution is 2.24. The van der Waals surface area contributed by atoms with Gasteiger partial charge in [-0.1, -0.05) is 31.2 Å². The smallest absolute Gasteiger partial charge is 0.371 e. The fourth-order valence-corrected chi connectivity index (χ4v) is 1.71. The second-order valence-corrected chi connectivity index (χ2v) is 4.00. The van der Waals surface area contributed by atoms with Crippen LogP contribution in [0, 0.1) is 0 Å². The van der Waals surface area contributed by atoms with E-state index in [4.69, 9.17) is 9.52 Å². The minimum atomic E-state index is -1.14. The van der Waals surface area contributed by atoms with E-state index in [0.29, 0.717) is 5.56 Å². The maximum absolute atomic E-state index is 10.7. The van der Waals surface area contributed by atoms with Gasteiger partial charge in [0.05, 0.1) is 0 Å². The molecule has 18 heavy (non-hydrogen) atoms. The van der Waals surface area contributed by atoms with E-state index >= 15 is 0 Å². The topological polar surface area (TPSA) is 70.7 Å². The molecule has 0 spiro atoms. The molecule has 0 saturated heterocycles. The van der Waals surface area contributed by atoms with E-state index < -0.39 is 12.1 Å². The number of rotatable bonds is 4. The summed E-state index contributed by atoms with van der Waals surface area (Å²) in [5.41, 5.74) is 1.86. The van der Waals surface area contributed by atoms with Crippen molar-refractivity contribution >= 4 is 5.97 Å². The minimum Gasteiger partial charge on any atom is -0.475 e. The summed E-state index contributed by atoms with van der Waals surface area (Å²) in [7, 11) is 0. The van der Waals surface area contributed by atoms with E-state index in [-0.39, 0.29) is 11.5 Å². The summed E-state index contributed by atoms with van der Waals surface area (Å²) in [6.07, 6.45) is -0.00989. The highest BCUT2D eigenvalue weighted by molar-refractivity contribution is 5.84. The lowest BCUT2D eigenvalue weighted by Crippen LogP contribution is -1.99. The van der Waals surface area contributed by atoms with Gasteiger partial charge in [-0.15, -0.1) is 0 Å². The van der Waals surface area contributed by atoms with Gasteiger partial charge in [-0.2, -0.15) is 0 Å². The maximum atomic E-state index is 10.7. The summed E-state index contributed by atoms with van der Waals surface area (Å²) in [6.45, 7) is 2.05. The van der Waals surface area contributed by atoms with Crippen molar-refractivity contribution in [1.29, 1.82) is 0 Å². The number of carboxylic acid groups (broad SMARTS) is 1. The first kappa shape index (κ1) is 12.4. The van der Waals surface area contributed by atoms with Gasteiger partial charge < -0.3 is 14.6 Å². The zero-order valence-electron chi connectivity index (χ0n) is 9.96. The quantitative estimate of drug-likeness (QED) is 0.869. The summed E-state index contributed by atoms with van der Waals surface area (Å²) in [4.78, 5) is 10.7. The SMILES string of the molecule is CCc1ccc(C(O)c2ccc(C(=O)O)o2)cc1. The molecule has 2 aromatic rings. The van der Waals surface area contributed by atoms with Gasteiger partial charge in [0, 0.05) is 0 Å². The zero-order chi connectivity index (χ0) is 13.1. The summed E-state index contributed by atoms with van der Waals surface area (Å²) in [6, 6.07) is 10.3. The van der Waals surface area contributed by atoms with Crippen molar-refractivity contribution in [2.24, 2.45) is 0 Å². The van der Waals surface area contributed by atoms with Crippen molar-refractivity contribution in [2.75, 3.05) is 0 Å². The summed E-state index contributed by atoms with van der Waals surface area (Å²) < 4.78 is 5.07. The molecule has 0 aliphatic rings. The van der Waals surface area contributed by atoms with Gasteiger partial charge in [-0.25, -0.2) is 4.79 Å². The molecule has 2 N–H and O–H groups in total. The van der Waals surface area contributed by atoms with Gasteiger partial charge in [0.1, 0.15) is 11.9 Å². The third-order valence-electron chi connectivity index (χ3n) is 2.81. The largest absolute Gasteiger partial charge is 0.475 e. The number of aliphatic hydroxyl groups excluding tert-OH is 1. The number of hydrogen-bond donors (Lipinski definition) is 2. The van der Waals surface area contributed by atoms with E-state index in [0.717, 1.165) is 6.42 Å². The van der Waals surface area contributed by atoms with Crippen LogP contribution in [0.1, 0.15) is 40.5 Å². The second-order valence-electron chi connectivity index (χ2n) is 4.00. The fraction of sp³-hybridized carbons (Fsp3) is 0.214. The molecule has 1 aromatic carbocycles. The number of aliphatic hydroxyl groups is 1. The van der Waals surface area contributed by atoms with Gasteiger partial charge in [0.15, 0.2) is 0 Å². The van der Waals surface area contributed by atoms with Crippen LogP contribution in [0.4, 0.5) is 0 Å². The number of furan rings is 1. The average Bonchev–Trinajstić information content (AvgIpc) is 2.88. The van der Waals surface area contributed by atoms with Crippen LogP contribution < -0.4 is 0 Å². The molecule has 0 aliphatic carbocycles. The minimum absolute atomic E-state index is 0.172. The first-order valence-corrected chi connectivity index (χ1v) is 5.71. The molecule has 0 fully saturated rings. The number of aryl methyl sites for hydroxylation is 1. The van der Waals surface area contributed by atoms with Crippen molar-refractivity contribution in [2.45, 2.75) is 19.4 Å². The Kier molecular flexibility index (Phi) is 3.48. The van der Waals surface area contributed by atoms with Crippen molar-refractivity contribution < 1.29 is 19.4 Å². The van der Waals surface area contributed by atoms with E-state index in [9.17, 15) is 9.90 Å². The van der Waals surface area contributed by atoms with E-state index in [2.05, 4.69) is 6.92 Å². The molecule has 0 bridgehead atoms. The standard InChI is InChI=1S/C14H14O4/c1-2-9-3-5-10(6-4-9)13(15)11-7-8-12(18-11)14(16)17/h3-8,13,15H,2H2,1H3,(H,16,17). The molecular weight excluding hydrogens is 232 g/mol. The molecular formula is C14H14O4. The lowest BCUT2D eigenvalue weighted by Gasteiger charge is -2.08. The third-order valence-corrected chi connectivity index (χ3v) is 2.81. The molecule has 94 valence electrons. The molecule has 4 heteroatoms. The molecule has 0 radical (unpaired) electrons. The van der Waals surface area contributed by atoms with Gasteiger partial charge in [0.2, 0.25) is 5.76 Å². The molecule has 2 rings (SSSR count). The Hall–Kier alpha value is -2.07. The molecule has 0 saturated carbocycles. The average molecular weight is 246 g/mol. The fourth-order valence-electron chi connectivity index (χ4n) is 1.71. The predicted octanol–water partition coefficient (Wildman–Crippen LogP) is 2.62. The van der Waals surface area contributed by atoms with Gasteiger partial charge in [0.25, 0.3) is 0 Å². The monoisotopic (exact) mass is 246 g/mol. The third kappa shape index (κ3) is 2.43. The van der Waals surface area contributed by atoms with Gasteiger partial charge in [-0.05, 0) is 29.7 Å². The van der Waals surface area contributed by atoms with Crippen LogP contribution in [0.5, 0.6) is 0 Å². The van der Waals surface area contributed by atoms with Crippen molar-refractivity contribution in [3.05, 3.63) is 59.0 Å². The van der Waals surface area contributed by atoms with Gasteiger partial charge >= 0.3 is 5.97 Å². The lowest BCUT2D eigenvalue weighted by molar-refractivity contribution is 0.0655. The Morgan fingerprint density at radius 1 is 1.22 bits per heavy atom. The molecule has 1 atom stereocenters. The van der Waals surface area contributed by atoms with Crippen molar-refractivity contribution in [1.82, 2.24) is 0 Å². The number of benzene rings is 1. The summed E-state index contributed by atoms with van der Waals surface area (Å²) >= 11 is 0. The predicted molar refractivity (Wildman–Crippen MR) is 65.5 cm³/mol. The molecule has 1 heterocycles. The second kappa shape index (κ2) is 5.06. The van der Waals surface area contributed by atoms with Crippen LogP contribution in [0.15, 0.2) is 40.8 Å². The number of carboxylic acids is 1. The Morgan fingerprint density at radius 3 is 2.39 bits per heavy atom. The number of carbonyl (C=O) groups is 1. The van der Waals surface area contributed by atoms with Crippen LogP contribution in [0.2, 0.25) is 0 Å². The normalized spacial score (nSPS) is 12.3. The molecule has 0 aliphatic heterocycles. The first-order chi connectivity index (χ1) is 8.61. The highest BCUT2D eigenvalue weighted by Gasteiger charge is 2.17. The van der Waals surface area contributed by atoms with E-state index in [1.54, 1.807) is 0 Å². The van der Waals surface area contributed by atoms with Crippen LogP contribution in [0.3, 0.4) is 0 Å². The van der Waals surface area contributed by atoms with Crippen LogP contribution >= 0.6 is 0 Å². The summed E-state index contributed by atoms with van der Waals surface area (Å²) in [5, 5.41) is 18.8. The van der Waals surface area contributed by atoms with Crippen LogP contribution in [-0.4, -0.2) is 16.2 Å². The molecule has 4 nitrogen and oxygen atoms in total. The lowest BCUT2D eigenvalue weighted by atomic mass is 10.0. The highest BCUT2D eigenvalue weighted by atomic mass is 16.4. The number of hydrogen-bond acceptors (Lipinski definition) is 3. The Bertz CT molecular complexity index is 539. The Morgan fingerprint density at radius 2 is 1.89 bits per heavy atom. The zero-order valence-corrected chi connectivity index (χ0v) is 9.96. The van der Waals surface area contributed by atoms with E-state index in [1.165, 1.54) is 17.7 Å². The van der Waals surface area contributed by atoms with Crippen molar-refractivity contribution in [3.63, 3.8) is 0 Å². The summed E-state index contributed by atoms with van der Waals surface area (Å²) in [5.74, 6) is -1.08. The molecule has 0 amide bonds. The van der Waals surface area contributed by atoms with Crippen LogP contribution in [0.25, 0.3) is 0 Å². The number of aromatic carboxylic acids is 1. The van der Waals surface area contributed by atoms with Gasteiger partial charge in [-0.3, -0.25) is 0 Å². The first-order valence-electron chi connectivity index (χ1n) is 5.71. The maximum Gasteiger partial charge on any atom is 0.371 e. The van der Waals surface area contributed by atoms with Crippen LogP contribution in [-0.2, 0) is 6.42 Å². The molecule has 1 unspecified atom stereocenters. The van der Waals surface area contributed by atoms with Crippen molar-refractivity contribution in [3.8, 4) is 0 Å². The Balaban J connectivity index is 2.23. The molecule has 1 aromatic heterocycles. The Labute approximate surface area is 104 Å². The van der Waals surface area contributed by atoms with E-state index in [1.807, 2.05) is 24.3 Å².